The Hall–Kier alpha value is -1.95. The quantitative estimate of drug-likeness (QED) is 0.921. The number of amides is 1. The van der Waals surface area contributed by atoms with Gasteiger partial charge in [-0.3, -0.25) is 9.48 Å². The van der Waals surface area contributed by atoms with Crippen molar-refractivity contribution in [3.63, 3.8) is 0 Å². The van der Waals surface area contributed by atoms with Gasteiger partial charge in [-0.1, -0.05) is 11.6 Å². The van der Waals surface area contributed by atoms with E-state index in [0.29, 0.717) is 10.7 Å². The first kappa shape index (κ1) is 14.0. The number of rotatable bonds is 2. The van der Waals surface area contributed by atoms with E-state index in [-0.39, 0.29) is 11.9 Å². The molecule has 6 nitrogen and oxygen atoms in total. The number of nitrogens with zero attached hydrogens (tertiary/aromatic N) is 4. The summed E-state index contributed by atoms with van der Waals surface area (Å²) in [7, 11) is 1.70. The van der Waals surface area contributed by atoms with E-state index in [1.807, 2.05) is 13.1 Å². The Labute approximate surface area is 127 Å². The summed E-state index contributed by atoms with van der Waals surface area (Å²) < 4.78 is 1.47. The number of halogens is 1. The van der Waals surface area contributed by atoms with Crippen molar-refractivity contribution in [3.05, 3.63) is 40.2 Å². The van der Waals surface area contributed by atoms with Gasteiger partial charge >= 0.3 is 0 Å². The highest BCUT2D eigenvalue weighted by Gasteiger charge is 2.25. The summed E-state index contributed by atoms with van der Waals surface area (Å²) in [6.07, 6.45) is 6.09. The van der Waals surface area contributed by atoms with Gasteiger partial charge in [-0.25, -0.2) is 9.97 Å². The Morgan fingerprint density at radius 1 is 1.48 bits per heavy atom. The summed E-state index contributed by atoms with van der Waals surface area (Å²) in [6, 6.07) is -0.0712. The van der Waals surface area contributed by atoms with Crippen LogP contribution in [0.25, 0.3) is 0 Å². The molecule has 0 saturated heterocycles. The lowest BCUT2D eigenvalue weighted by Crippen LogP contribution is -2.31. The fourth-order valence-electron chi connectivity index (χ4n) is 2.61. The molecule has 0 unspecified atom stereocenters. The van der Waals surface area contributed by atoms with Gasteiger partial charge in [0.15, 0.2) is 0 Å². The largest absolute Gasteiger partial charge is 0.345 e. The summed E-state index contributed by atoms with van der Waals surface area (Å²) in [5.74, 6) is 0.544. The summed E-state index contributed by atoms with van der Waals surface area (Å²) in [5.41, 5.74) is 2.41. The van der Waals surface area contributed by atoms with Crippen LogP contribution in [0.4, 0.5) is 0 Å². The van der Waals surface area contributed by atoms with E-state index in [1.54, 1.807) is 7.05 Å². The number of carbonyl (C=O) groups is 1. The zero-order valence-electron chi connectivity index (χ0n) is 11.9. The minimum absolute atomic E-state index is 0.0712. The third kappa shape index (κ3) is 2.63. The average Bonchev–Trinajstić information content (AvgIpc) is 2.79. The Morgan fingerprint density at radius 3 is 3.00 bits per heavy atom. The second-order valence-corrected chi connectivity index (χ2v) is 5.57. The standard InChI is InChI=1S/C14H16ClN5O/c1-8-16-6-9-11(18-8)4-3-5-12(9)19-14(21)10-7-17-20(2)13(10)15/h6-7,12H,3-5H2,1-2H3,(H,19,21)/t12-/m1/s1. The van der Waals surface area contributed by atoms with Crippen LogP contribution in [-0.4, -0.2) is 25.7 Å². The number of fused-ring (bicyclic) bond motifs is 1. The van der Waals surface area contributed by atoms with Crippen LogP contribution < -0.4 is 5.32 Å². The number of aryl methyl sites for hydroxylation is 3. The van der Waals surface area contributed by atoms with Crippen LogP contribution in [0.3, 0.4) is 0 Å². The number of nitrogens with one attached hydrogen (secondary N) is 1. The molecule has 7 heteroatoms. The average molecular weight is 306 g/mol. The van der Waals surface area contributed by atoms with Crippen molar-refractivity contribution in [2.75, 3.05) is 0 Å². The van der Waals surface area contributed by atoms with Gasteiger partial charge in [-0.15, -0.1) is 0 Å². The van der Waals surface area contributed by atoms with Crippen LogP contribution in [0.5, 0.6) is 0 Å². The zero-order valence-corrected chi connectivity index (χ0v) is 12.7. The van der Waals surface area contributed by atoms with Gasteiger partial charge in [0.25, 0.3) is 5.91 Å². The highest BCUT2D eigenvalue weighted by atomic mass is 35.5. The van der Waals surface area contributed by atoms with Gasteiger partial charge in [-0.2, -0.15) is 5.10 Å². The Kier molecular flexibility index (Phi) is 3.63. The highest BCUT2D eigenvalue weighted by molar-refractivity contribution is 6.32. The molecule has 21 heavy (non-hydrogen) atoms. The van der Waals surface area contributed by atoms with Gasteiger partial charge in [0.2, 0.25) is 0 Å². The maximum absolute atomic E-state index is 12.3. The van der Waals surface area contributed by atoms with Crippen LogP contribution in [0, 0.1) is 6.92 Å². The summed E-state index contributed by atoms with van der Waals surface area (Å²) >= 11 is 6.06. The fraction of sp³-hybridized carbons (Fsp3) is 0.429. The lowest BCUT2D eigenvalue weighted by molar-refractivity contribution is 0.0932. The van der Waals surface area contributed by atoms with Gasteiger partial charge in [0.1, 0.15) is 11.0 Å². The molecule has 0 spiro atoms. The van der Waals surface area contributed by atoms with Crippen LogP contribution >= 0.6 is 11.6 Å². The van der Waals surface area contributed by atoms with E-state index in [1.165, 1.54) is 10.9 Å². The van der Waals surface area contributed by atoms with E-state index in [0.717, 1.165) is 36.3 Å². The molecule has 0 radical (unpaired) electrons. The molecule has 1 N–H and O–H groups in total. The van der Waals surface area contributed by atoms with Gasteiger partial charge in [-0.05, 0) is 26.2 Å². The van der Waals surface area contributed by atoms with Crippen LogP contribution in [0.2, 0.25) is 5.15 Å². The van der Waals surface area contributed by atoms with Crippen molar-refractivity contribution in [1.82, 2.24) is 25.1 Å². The maximum atomic E-state index is 12.3. The van der Waals surface area contributed by atoms with Crippen molar-refractivity contribution < 1.29 is 4.79 Å². The zero-order chi connectivity index (χ0) is 15.0. The smallest absolute Gasteiger partial charge is 0.256 e. The minimum atomic E-state index is -0.216. The maximum Gasteiger partial charge on any atom is 0.256 e. The van der Waals surface area contributed by atoms with E-state index < -0.39 is 0 Å². The molecule has 0 saturated carbocycles. The van der Waals surface area contributed by atoms with E-state index in [9.17, 15) is 4.79 Å². The number of hydrogen-bond donors (Lipinski definition) is 1. The molecule has 1 amide bonds. The summed E-state index contributed by atoms with van der Waals surface area (Å²) in [6.45, 7) is 1.87. The Bertz CT molecular complexity index is 697. The van der Waals surface area contributed by atoms with Crippen molar-refractivity contribution >= 4 is 17.5 Å². The predicted molar refractivity (Wildman–Crippen MR) is 78.1 cm³/mol. The van der Waals surface area contributed by atoms with E-state index >= 15 is 0 Å². The minimum Gasteiger partial charge on any atom is -0.345 e. The van der Waals surface area contributed by atoms with Gasteiger partial charge < -0.3 is 5.32 Å². The third-order valence-corrected chi connectivity index (χ3v) is 4.17. The molecule has 3 rings (SSSR count). The summed E-state index contributed by atoms with van der Waals surface area (Å²) in [5, 5.41) is 7.33. The molecular weight excluding hydrogens is 290 g/mol. The molecule has 0 aliphatic heterocycles. The Morgan fingerprint density at radius 2 is 2.29 bits per heavy atom. The SMILES string of the molecule is Cc1ncc2c(n1)CCC[C@H]2NC(=O)c1cnn(C)c1Cl. The number of aromatic nitrogens is 4. The first-order valence-corrected chi connectivity index (χ1v) is 7.25. The third-order valence-electron chi connectivity index (χ3n) is 3.72. The van der Waals surface area contributed by atoms with E-state index in [2.05, 4.69) is 20.4 Å². The van der Waals surface area contributed by atoms with Crippen LogP contribution in [-0.2, 0) is 13.5 Å². The molecule has 1 atom stereocenters. The van der Waals surface area contributed by atoms with Crippen LogP contribution in [0.15, 0.2) is 12.4 Å². The number of hydrogen-bond acceptors (Lipinski definition) is 4. The molecule has 0 fully saturated rings. The first-order chi connectivity index (χ1) is 10.1. The highest BCUT2D eigenvalue weighted by Crippen LogP contribution is 2.28. The molecule has 2 aromatic heterocycles. The molecule has 0 bridgehead atoms. The monoisotopic (exact) mass is 305 g/mol. The van der Waals surface area contributed by atoms with E-state index in [4.69, 9.17) is 11.6 Å². The lowest BCUT2D eigenvalue weighted by Gasteiger charge is -2.25. The van der Waals surface area contributed by atoms with Crippen molar-refractivity contribution in [3.8, 4) is 0 Å². The topological polar surface area (TPSA) is 72.7 Å². The molecule has 2 aromatic rings. The Balaban J connectivity index is 1.83. The number of carbonyl (C=O) groups excluding carboxylic acids is 1. The molecule has 1 aliphatic rings. The van der Waals surface area contributed by atoms with Gasteiger partial charge in [0, 0.05) is 24.5 Å². The molecular formula is C14H16ClN5O. The predicted octanol–water partition coefficient (Wildman–Crippen LogP) is 1.98. The molecule has 0 aromatic carbocycles. The molecule has 110 valence electrons. The van der Waals surface area contributed by atoms with Crippen molar-refractivity contribution in [2.24, 2.45) is 7.05 Å². The van der Waals surface area contributed by atoms with Gasteiger partial charge in [0.05, 0.1) is 17.8 Å². The normalized spacial score (nSPS) is 17.4. The second kappa shape index (κ2) is 5.44. The first-order valence-electron chi connectivity index (χ1n) is 6.87. The summed E-state index contributed by atoms with van der Waals surface area (Å²) in [4.78, 5) is 21.0. The second-order valence-electron chi connectivity index (χ2n) is 5.21. The molecule has 2 heterocycles. The van der Waals surface area contributed by atoms with Crippen molar-refractivity contribution in [2.45, 2.75) is 32.2 Å². The van der Waals surface area contributed by atoms with Crippen LogP contribution in [0.1, 0.15) is 46.3 Å². The fourth-order valence-corrected chi connectivity index (χ4v) is 2.79. The van der Waals surface area contributed by atoms with Crippen molar-refractivity contribution in [1.29, 1.82) is 0 Å². The lowest BCUT2D eigenvalue weighted by atomic mass is 9.92. The molecule has 1 aliphatic carbocycles.